The standard InChI is InChI=1S/C29H18N2/c1-3-9-19-17(7-1)16-23-25(19)22-15-18-8-2-4-10-20(18)26(22)27-21-11-5-6-12-24(21)31-14-13-30-29(31)28(23)27/h1-14H,15-16H2. The Hall–Kier alpha value is -3.91. The Labute approximate surface area is 179 Å². The fourth-order valence-corrected chi connectivity index (χ4v) is 6.15. The zero-order chi connectivity index (χ0) is 20.1. The molecule has 6 aromatic rings. The van der Waals surface area contributed by atoms with E-state index in [1.54, 1.807) is 0 Å². The van der Waals surface area contributed by atoms with Crippen molar-refractivity contribution in [1.29, 1.82) is 0 Å². The first-order chi connectivity index (χ1) is 15.4. The Kier molecular flexibility index (Phi) is 2.77. The van der Waals surface area contributed by atoms with Gasteiger partial charge in [0.05, 0.1) is 5.52 Å². The lowest BCUT2D eigenvalue weighted by molar-refractivity contribution is 1.23. The molecule has 2 heteroatoms. The number of benzene rings is 4. The Balaban J connectivity index is 1.72. The second-order valence-corrected chi connectivity index (χ2v) is 8.76. The van der Waals surface area contributed by atoms with Crippen LogP contribution in [0, 0.1) is 0 Å². The number of fused-ring (bicyclic) bond motifs is 15. The number of para-hydroxylation sites is 1. The monoisotopic (exact) mass is 394 g/mol. The third-order valence-electron chi connectivity index (χ3n) is 7.31. The van der Waals surface area contributed by atoms with Gasteiger partial charge in [0.25, 0.3) is 0 Å². The van der Waals surface area contributed by atoms with Crippen LogP contribution in [0.25, 0.3) is 49.6 Å². The Morgan fingerprint density at radius 1 is 0.645 bits per heavy atom. The molecule has 0 N–H and O–H groups in total. The molecule has 0 saturated carbocycles. The number of aromatic nitrogens is 2. The molecule has 2 nitrogen and oxygen atoms in total. The first-order valence-electron chi connectivity index (χ1n) is 10.9. The summed E-state index contributed by atoms with van der Waals surface area (Å²) >= 11 is 0. The van der Waals surface area contributed by atoms with Crippen LogP contribution in [0.5, 0.6) is 0 Å². The van der Waals surface area contributed by atoms with Crippen LogP contribution >= 0.6 is 0 Å². The van der Waals surface area contributed by atoms with Crippen LogP contribution in [0.1, 0.15) is 22.3 Å². The zero-order valence-corrected chi connectivity index (χ0v) is 16.9. The minimum Gasteiger partial charge on any atom is -0.299 e. The van der Waals surface area contributed by atoms with Crippen molar-refractivity contribution in [2.75, 3.05) is 0 Å². The SMILES string of the molecule is c1ccc2c(c1)Cc1c-2c2c(c3c4ccccc4n4ccnc4c13)-c1ccccc1C2. The highest BCUT2D eigenvalue weighted by Gasteiger charge is 2.33. The van der Waals surface area contributed by atoms with E-state index in [1.807, 2.05) is 6.20 Å². The summed E-state index contributed by atoms with van der Waals surface area (Å²) in [6, 6.07) is 26.7. The molecule has 0 unspecified atom stereocenters. The molecule has 2 aromatic heterocycles. The molecule has 0 fully saturated rings. The molecule has 0 aliphatic heterocycles. The average Bonchev–Trinajstić information content (AvgIpc) is 3.53. The first kappa shape index (κ1) is 15.9. The average molecular weight is 394 g/mol. The van der Waals surface area contributed by atoms with Gasteiger partial charge in [-0.05, 0) is 63.4 Å². The predicted molar refractivity (Wildman–Crippen MR) is 127 cm³/mol. The van der Waals surface area contributed by atoms with Crippen molar-refractivity contribution in [2.45, 2.75) is 12.8 Å². The number of hydrogen-bond acceptors (Lipinski definition) is 1. The summed E-state index contributed by atoms with van der Waals surface area (Å²) in [5.41, 5.74) is 13.8. The van der Waals surface area contributed by atoms with Crippen molar-refractivity contribution in [3.8, 4) is 22.3 Å². The van der Waals surface area contributed by atoms with Gasteiger partial charge in [-0.3, -0.25) is 4.40 Å². The predicted octanol–water partition coefficient (Wildman–Crippen LogP) is 6.78. The van der Waals surface area contributed by atoms with Crippen LogP contribution < -0.4 is 0 Å². The number of hydrogen-bond donors (Lipinski definition) is 0. The van der Waals surface area contributed by atoms with Gasteiger partial charge in [0.2, 0.25) is 0 Å². The highest BCUT2D eigenvalue weighted by molar-refractivity contribution is 6.23. The van der Waals surface area contributed by atoms with Gasteiger partial charge in [-0.25, -0.2) is 4.98 Å². The molecule has 0 spiro atoms. The molecule has 2 heterocycles. The Bertz CT molecular complexity index is 1740. The minimum absolute atomic E-state index is 0.979. The molecule has 31 heavy (non-hydrogen) atoms. The third-order valence-corrected chi connectivity index (χ3v) is 7.31. The van der Waals surface area contributed by atoms with Gasteiger partial charge in [0.1, 0.15) is 5.65 Å². The molecule has 2 aliphatic rings. The van der Waals surface area contributed by atoms with Crippen molar-refractivity contribution in [1.82, 2.24) is 9.38 Å². The smallest absolute Gasteiger partial charge is 0.145 e. The summed E-state index contributed by atoms with van der Waals surface area (Å²) in [6.07, 6.45) is 6.03. The van der Waals surface area contributed by atoms with Crippen LogP contribution in [-0.4, -0.2) is 9.38 Å². The van der Waals surface area contributed by atoms with Crippen LogP contribution in [0.15, 0.2) is 85.2 Å². The van der Waals surface area contributed by atoms with Crippen molar-refractivity contribution in [2.24, 2.45) is 0 Å². The van der Waals surface area contributed by atoms with Gasteiger partial charge >= 0.3 is 0 Å². The highest BCUT2D eigenvalue weighted by atomic mass is 15.0. The van der Waals surface area contributed by atoms with E-state index >= 15 is 0 Å². The second-order valence-electron chi connectivity index (χ2n) is 8.76. The summed E-state index contributed by atoms with van der Waals surface area (Å²) in [7, 11) is 0. The van der Waals surface area contributed by atoms with Crippen LogP contribution in [0.3, 0.4) is 0 Å². The van der Waals surface area contributed by atoms with Crippen molar-refractivity contribution >= 4 is 27.3 Å². The first-order valence-corrected chi connectivity index (χ1v) is 10.9. The fraction of sp³-hybridized carbons (Fsp3) is 0.0690. The summed E-state index contributed by atoms with van der Waals surface area (Å²) in [5.74, 6) is 0. The third kappa shape index (κ3) is 1.82. The molecule has 0 saturated heterocycles. The minimum atomic E-state index is 0.979. The Morgan fingerprint density at radius 3 is 2.16 bits per heavy atom. The van der Waals surface area contributed by atoms with Gasteiger partial charge < -0.3 is 0 Å². The molecular weight excluding hydrogens is 376 g/mol. The van der Waals surface area contributed by atoms with Crippen molar-refractivity contribution in [3.63, 3.8) is 0 Å². The van der Waals surface area contributed by atoms with Crippen LogP contribution in [-0.2, 0) is 12.8 Å². The lowest BCUT2D eigenvalue weighted by atomic mass is 9.87. The fourth-order valence-electron chi connectivity index (χ4n) is 6.15. The maximum absolute atomic E-state index is 4.88. The summed E-state index contributed by atoms with van der Waals surface area (Å²) in [4.78, 5) is 4.88. The van der Waals surface area contributed by atoms with Gasteiger partial charge in [0, 0.05) is 28.6 Å². The summed E-state index contributed by atoms with van der Waals surface area (Å²) in [6.45, 7) is 0. The molecule has 0 bridgehead atoms. The second kappa shape index (κ2) is 5.41. The zero-order valence-electron chi connectivity index (χ0n) is 16.9. The van der Waals surface area contributed by atoms with Crippen molar-refractivity contribution in [3.05, 3.63) is 107 Å². The molecule has 4 aromatic carbocycles. The van der Waals surface area contributed by atoms with E-state index in [-0.39, 0.29) is 0 Å². The number of pyridine rings is 1. The van der Waals surface area contributed by atoms with Gasteiger partial charge in [-0.1, -0.05) is 66.7 Å². The summed E-state index contributed by atoms with van der Waals surface area (Å²) in [5, 5.41) is 4.01. The van der Waals surface area contributed by atoms with Crippen LogP contribution in [0.2, 0.25) is 0 Å². The molecule has 2 aliphatic carbocycles. The molecule has 0 amide bonds. The van der Waals surface area contributed by atoms with Gasteiger partial charge in [-0.15, -0.1) is 0 Å². The van der Waals surface area contributed by atoms with E-state index in [0.717, 1.165) is 18.5 Å². The van der Waals surface area contributed by atoms with Gasteiger partial charge in [0.15, 0.2) is 0 Å². The normalized spacial score (nSPS) is 13.5. The van der Waals surface area contributed by atoms with Crippen molar-refractivity contribution < 1.29 is 0 Å². The lowest BCUT2D eigenvalue weighted by Crippen LogP contribution is -1.98. The molecule has 144 valence electrons. The van der Waals surface area contributed by atoms with E-state index in [9.17, 15) is 0 Å². The Morgan fingerprint density at radius 2 is 1.32 bits per heavy atom. The van der Waals surface area contributed by atoms with Crippen LogP contribution in [0.4, 0.5) is 0 Å². The maximum atomic E-state index is 4.88. The lowest BCUT2D eigenvalue weighted by Gasteiger charge is -2.18. The molecule has 0 radical (unpaired) electrons. The van der Waals surface area contributed by atoms with E-state index in [0.29, 0.717) is 0 Å². The maximum Gasteiger partial charge on any atom is 0.145 e. The highest BCUT2D eigenvalue weighted by Crippen LogP contribution is 2.53. The number of rotatable bonds is 0. The topological polar surface area (TPSA) is 17.3 Å². The van der Waals surface area contributed by atoms with Gasteiger partial charge in [-0.2, -0.15) is 0 Å². The molecule has 8 rings (SSSR count). The molecular formula is C29H18N2. The van der Waals surface area contributed by atoms with E-state index in [2.05, 4.69) is 83.4 Å². The summed E-state index contributed by atoms with van der Waals surface area (Å²) < 4.78 is 2.27. The number of imidazole rings is 1. The van der Waals surface area contributed by atoms with E-state index < -0.39 is 0 Å². The quantitative estimate of drug-likeness (QED) is 0.259. The number of nitrogens with zero attached hydrogens (tertiary/aromatic N) is 2. The largest absolute Gasteiger partial charge is 0.299 e. The molecule has 0 atom stereocenters. The van der Waals surface area contributed by atoms with E-state index in [4.69, 9.17) is 4.98 Å². The van der Waals surface area contributed by atoms with E-state index in [1.165, 1.54) is 66.2 Å².